The second kappa shape index (κ2) is 6.42. The van der Waals surface area contributed by atoms with Crippen LogP contribution in [-0.4, -0.2) is 16.1 Å². The highest BCUT2D eigenvalue weighted by molar-refractivity contribution is 6.33. The van der Waals surface area contributed by atoms with Crippen LogP contribution < -0.4 is 0 Å². The van der Waals surface area contributed by atoms with Gasteiger partial charge in [-0.3, -0.25) is 4.79 Å². The van der Waals surface area contributed by atoms with Crippen LogP contribution in [0.5, 0.6) is 0 Å². The fraction of sp³-hybridized carbons (Fsp3) is 0.250. The molecule has 1 heterocycles. The highest BCUT2D eigenvalue weighted by Crippen LogP contribution is 2.36. The fourth-order valence-corrected chi connectivity index (χ4v) is 2.64. The van der Waals surface area contributed by atoms with E-state index >= 15 is 0 Å². The Morgan fingerprint density at radius 2 is 1.87 bits per heavy atom. The summed E-state index contributed by atoms with van der Waals surface area (Å²) in [5.41, 5.74) is -0.436. The predicted molar refractivity (Wildman–Crippen MR) is 84.7 cm³/mol. The number of aromatic nitrogens is 1. The maximum atomic E-state index is 14.1. The molecule has 0 radical (unpaired) electrons. The van der Waals surface area contributed by atoms with E-state index in [1.807, 2.05) is 0 Å². The van der Waals surface area contributed by atoms with Gasteiger partial charge in [0.2, 0.25) is 0 Å². The summed E-state index contributed by atoms with van der Waals surface area (Å²) in [6, 6.07) is 4.48. The smallest absolute Gasteiger partial charge is 0.309 e. The third kappa shape index (κ3) is 3.79. The molecule has 0 atom stereocenters. The van der Waals surface area contributed by atoms with Crippen molar-refractivity contribution in [2.75, 3.05) is 0 Å². The molecular weight excluding hydrogens is 347 g/mol. The summed E-state index contributed by atoms with van der Waals surface area (Å²) in [6.07, 6.45) is 0.0114. The zero-order valence-corrected chi connectivity index (χ0v) is 13.8. The van der Waals surface area contributed by atoms with Gasteiger partial charge in [-0.1, -0.05) is 23.2 Å². The van der Waals surface area contributed by atoms with E-state index in [1.165, 1.54) is 26.0 Å². The maximum Gasteiger partial charge on any atom is 0.309 e. The van der Waals surface area contributed by atoms with Crippen molar-refractivity contribution in [3.8, 4) is 11.1 Å². The van der Waals surface area contributed by atoms with E-state index in [-0.39, 0.29) is 22.3 Å². The van der Waals surface area contributed by atoms with Crippen molar-refractivity contribution in [3.05, 3.63) is 51.8 Å². The Bertz CT molecular complexity index is 779. The quantitative estimate of drug-likeness (QED) is 0.782. The van der Waals surface area contributed by atoms with E-state index in [0.717, 1.165) is 12.1 Å². The standard InChI is InChI=1S/C16H13Cl2F2NO2/c1-16(2,15(22)23)7-11-10(6-13(17)21-14(11)18)9-4-3-8(19)5-12(9)20/h3-6H,7H2,1-2H3,(H,22,23). The molecule has 23 heavy (non-hydrogen) atoms. The van der Waals surface area contributed by atoms with Crippen molar-refractivity contribution < 1.29 is 18.7 Å². The molecule has 0 saturated carbocycles. The molecule has 0 amide bonds. The monoisotopic (exact) mass is 359 g/mol. The number of halogens is 4. The molecule has 0 unspecified atom stereocenters. The molecule has 0 fully saturated rings. The van der Waals surface area contributed by atoms with Crippen molar-refractivity contribution in [1.29, 1.82) is 0 Å². The Labute approximate surface area is 141 Å². The molecule has 3 nitrogen and oxygen atoms in total. The number of nitrogens with zero attached hydrogens (tertiary/aromatic N) is 1. The van der Waals surface area contributed by atoms with Gasteiger partial charge in [0.25, 0.3) is 0 Å². The van der Waals surface area contributed by atoms with Gasteiger partial charge in [-0.05, 0) is 49.6 Å². The van der Waals surface area contributed by atoms with Gasteiger partial charge in [-0.25, -0.2) is 13.8 Å². The molecule has 2 aromatic rings. The lowest BCUT2D eigenvalue weighted by Gasteiger charge is -2.22. The zero-order valence-electron chi connectivity index (χ0n) is 12.3. The van der Waals surface area contributed by atoms with Crippen LogP contribution in [0, 0.1) is 17.0 Å². The normalized spacial score (nSPS) is 11.6. The summed E-state index contributed by atoms with van der Waals surface area (Å²) in [6.45, 7) is 3.04. The summed E-state index contributed by atoms with van der Waals surface area (Å²) in [7, 11) is 0. The number of hydrogen-bond donors (Lipinski definition) is 1. The number of carbonyl (C=O) groups is 1. The zero-order chi connectivity index (χ0) is 17.4. The molecule has 1 N–H and O–H groups in total. The average Bonchev–Trinajstić information content (AvgIpc) is 2.41. The van der Waals surface area contributed by atoms with Crippen LogP contribution in [-0.2, 0) is 11.2 Å². The summed E-state index contributed by atoms with van der Waals surface area (Å²) in [5.74, 6) is -2.54. The number of aliphatic carboxylic acids is 1. The third-order valence-electron chi connectivity index (χ3n) is 3.46. The number of benzene rings is 1. The molecule has 0 saturated heterocycles. The van der Waals surface area contributed by atoms with Crippen LogP contribution in [0.4, 0.5) is 8.78 Å². The SMILES string of the molecule is CC(C)(Cc1c(-c2ccc(F)cc2F)cc(Cl)nc1Cl)C(=O)O. The molecule has 0 bridgehead atoms. The van der Waals surface area contributed by atoms with Crippen molar-refractivity contribution in [1.82, 2.24) is 4.98 Å². The molecule has 0 aliphatic rings. The Kier molecular flexibility index (Phi) is 4.92. The van der Waals surface area contributed by atoms with Crippen LogP contribution in [0.2, 0.25) is 10.3 Å². The molecule has 2 rings (SSSR count). The lowest BCUT2D eigenvalue weighted by molar-refractivity contribution is -0.146. The Morgan fingerprint density at radius 3 is 2.43 bits per heavy atom. The van der Waals surface area contributed by atoms with Crippen LogP contribution in [0.25, 0.3) is 11.1 Å². The maximum absolute atomic E-state index is 14.1. The molecule has 0 aliphatic carbocycles. The fourth-order valence-electron chi connectivity index (χ4n) is 2.14. The van der Waals surface area contributed by atoms with E-state index in [1.54, 1.807) is 0 Å². The molecular formula is C16H13Cl2F2NO2. The first kappa shape index (κ1) is 17.6. The first-order valence-electron chi connectivity index (χ1n) is 6.65. The third-order valence-corrected chi connectivity index (χ3v) is 3.97. The number of carboxylic acids is 1. The van der Waals surface area contributed by atoms with Gasteiger partial charge in [0.15, 0.2) is 0 Å². The first-order chi connectivity index (χ1) is 10.6. The Balaban J connectivity index is 2.65. The Morgan fingerprint density at radius 1 is 1.22 bits per heavy atom. The molecule has 7 heteroatoms. The predicted octanol–water partition coefficient (Wildman–Crippen LogP) is 4.99. The van der Waals surface area contributed by atoms with E-state index in [9.17, 15) is 18.7 Å². The summed E-state index contributed by atoms with van der Waals surface area (Å²) < 4.78 is 27.2. The van der Waals surface area contributed by atoms with E-state index in [2.05, 4.69) is 4.98 Å². The van der Waals surface area contributed by atoms with Crippen molar-refractivity contribution in [2.24, 2.45) is 5.41 Å². The van der Waals surface area contributed by atoms with E-state index in [0.29, 0.717) is 11.1 Å². The average molecular weight is 360 g/mol. The van der Waals surface area contributed by atoms with Gasteiger partial charge in [-0.2, -0.15) is 0 Å². The number of rotatable bonds is 4. The van der Waals surface area contributed by atoms with Crippen molar-refractivity contribution in [3.63, 3.8) is 0 Å². The van der Waals surface area contributed by atoms with Crippen molar-refractivity contribution in [2.45, 2.75) is 20.3 Å². The van der Waals surface area contributed by atoms with Crippen molar-refractivity contribution >= 4 is 29.2 Å². The molecule has 0 aliphatic heterocycles. The Hall–Kier alpha value is -1.72. The molecule has 1 aromatic heterocycles. The van der Waals surface area contributed by atoms with Gasteiger partial charge in [0.05, 0.1) is 5.41 Å². The van der Waals surface area contributed by atoms with Crippen LogP contribution in [0.15, 0.2) is 24.3 Å². The second-order valence-corrected chi connectivity index (χ2v) is 6.50. The summed E-state index contributed by atoms with van der Waals surface area (Å²) in [5, 5.41) is 9.31. The number of hydrogen-bond acceptors (Lipinski definition) is 2. The minimum absolute atomic E-state index is 0.00875. The minimum atomic E-state index is -1.15. The molecule has 122 valence electrons. The molecule has 1 aromatic carbocycles. The van der Waals surface area contributed by atoms with Gasteiger partial charge in [0.1, 0.15) is 21.9 Å². The van der Waals surface area contributed by atoms with Gasteiger partial charge in [0, 0.05) is 11.6 Å². The van der Waals surface area contributed by atoms with Gasteiger partial charge in [-0.15, -0.1) is 0 Å². The van der Waals surface area contributed by atoms with Gasteiger partial charge >= 0.3 is 5.97 Å². The summed E-state index contributed by atoms with van der Waals surface area (Å²) in [4.78, 5) is 15.2. The van der Waals surface area contributed by atoms with E-state index in [4.69, 9.17) is 23.2 Å². The minimum Gasteiger partial charge on any atom is -0.481 e. The van der Waals surface area contributed by atoms with Crippen LogP contribution >= 0.6 is 23.2 Å². The highest BCUT2D eigenvalue weighted by Gasteiger charge is 2.30. The van der Waals surface area contributed by atoms with Crippen LogP contribution in [0.1, 0.15) is 19.4 Å². The first-order valence-corrected chi connectivity index (χ1v) is 7.41. The summed E-state index contributed by atoms with van der Waals surface area (Å²) >= 11 is 12.0. The number of carboxylic acid groups (broad SMARTS) is 1. The highest BCUT2D eigenvalue weighted by atomic mass is 35.5. The van der Waals surface area contributed by atoms with Gasteiger partial charge < -0.3 is 5.11 Å². The molecule has 0 spiro atoms. The lowest BCUT2D eigenvalue weighted by Crippen LogP contribution is -2.26. The lowest BCUT2D eigenvalue weighted by atomic mass is 9.84. The topological polar surface area (TPSA) is 50.2 Å². The largest absolute Gasteiger partial charge is 0.481 e. The second-order valence-electron chi connectivity index (χ2n) is 5.75. The van der Waals surface area contributed by atoms with E-state index < -0.39 is 23.0 Å². The van der Waals surface area contributed by atoms with Crippen LogP contribution in [0.3, 0.4) is 0 Å². The number of pyridine rings is 1.